The van der Waals surface area contributed by atoms with Gasteiger partial charge in [0.05, 0.1) is 6.54 Å². The Balaban J connectivity index is 1.84. The number of ketones is 1. The zero-order chi connectivity index (χ0) is 15.9. The Morgan fingerprint density at radius 3 is 2.23 bits per heavy atom. The molecule has 1 atom stereocenters. The number of rotatable bonds is 6. The van der Waals surface area contributed by atoms with Crippen LogP contribution in [0.4, 0.5) is 5.69 Å². The van der Waals surface area contributed by atoms with E-state index in [1.165, 1.54) is 6.92 Å². The molecule has 0 unspecified atom stereocenters. The van der Waals surface area contributed by atoms with Crippen molar-refractivity contribution in [1.82, 2.24) is 5.32 Å². The summed E-state index contributed by atoms with van der Waals surface area (Å²) >= 11 is 0. The Hall–Kier alpha value is -2.46. The molecule has 0 heterocycles. The van der Waals surface area contributed by atoms with E-state index >= 15 is 0 Å². The predicted molar refractivity (Wildman–Crippen MR) is 87.9 cm³/mol. The van der Waals surface area contributed by atoms with Gasteiger partial charge in [0.2, 0.25) is 5.91 Å². The second kappa shape index (κ2) is 7.52. The van der Waals surface area contributed by atoms with Crippen molar-refractivity contribution in [1.29, 1.82) is 0 Å². The van der Waals surface area contributed by atoms with E-state index in [1.807, 2.05) is 37.3 Å². The molecule has 2 aromatic carbocycles. The molecule has 0 aromatic heterocycles. The molecule has 0 aliphatic heterocycles. The maximum absolute atomic E-state index is 11.9. The minimum Gasteiger partial charge on any atom is -0.325 e. The van der Waals surface area contributed by atoms with Gasteiger partial charge in [0.15, 0.2) is 5.78 Å². The van der Waals surface area contributed by atoms with Crippen LogP contribution in [0.1, 0.15) is 35.8 Å². The summed E-state index contributed by atoms with van der Waals surface area (Å²) in [6.07, 6.45) is 0. The van der Waals surface area contributed by atoms with Gasteiger partial charge in [-0.25, -0.2) is 0 Å². The predicted octanol–water partition coefficient (Wildman–Crippen LogP) is 3.18. The van der Waals surface area contributed by atoms with Crippen LogP contribution in [-0.2, 0) is 4.79 Å². The summed E-state index contributed by atoms with van der Waals surface area (Å²) in [5, 5.41) is 5.98. The molecule has 1 amide bonds. The van der Waals surface area contributed by atoms with Gasteiger partial charge >= 0.3 is 0 Å². The molecule has 0 bridgehead atoms. The lowest BCUT2D eigenvalue weighted by atomic mass is 10.1. The van der Waals surface area contributed by atoms with Gasteiger partial charge in [0.25, 0.3) is 0 Å². The first-order chi connectivity index (χ1) is 10.6. The van der Waals surface area contributed by atoms with Crippen molar-refractivity contribution in [3.8, 4) is 0 Å². The smallest absolute Gasteiger partial charge is 0.238 e. The molecule has 2 rings (SSSR count). The normalized spacial score (nSPS) is 11.7. The molecule has 0 radical (unpaired) electrons. The third-order valence-corrected chi connectivity index (χ3v) is 3.44. The van der Waals surface area contributed by atoms with Crippen LogP contribution in [0.5, 0.6) is 0 Å². The molecule has 114 valence electrons. The second-order valence-electron chi connectivity index (χ2n) is 5.19. The zero-order valence-electron chi connectivity index (χ0n) is 12.8. The van der Waals surface area contributed by atoms with E-state index in [4.69, 9.17) is 0 Å². The third-order valence-electron chi connectivity index (χ3n) is 3.44. The summed E-state index contributed by atoms with van der Waals surface area (Å²) in [4.78, 5) is 23.1. The van der Waals surface area contributed by atoms with Crippen LogP contribution in [0.2, 0.25) is 0 Å². The van der Waals surface area contributed by atoms with Gasteiger partial charge in [-0.1, -0.05) is 30.3 Å². The molecule has 22 heavy (non-hydrogen) atoms. The van der Waals surface area contributed by atoms with Gasteiger partial charge < -0.3 is 10.6 Å². The van der Waals surface area contributed by atoms with Crippen molar-refractivity contribution in [3.63, 3.8) is 0 Å². The highest BCUT2D eigenvalue weighted by Crippen LogP contribution is 2.12. The minimum atomic E-state index is -0.113. The molecule has 0 aliphatic carbocycles. The van der Waals surface area contributed by atoms with E-state index in [2.05, 4.69) is 10.6 Å². The van der Waals surface area contributed by atoms with Crippen LogP contribution >= 0.6 is 0 Å². The highest BCUT2D eigenvalue weighted by atomic mass is 16.2. The van der Waals surface area contributed by atoms with Crippen LogP contribution in [0.25, 0.3) is 0 Å². The molecule has 2 N–H and O–H groups in total. The van der Waals surface area contributed by atoms with Crippen molar-refractivity contribution >= 4 is 17.4 Å². The molecule has 4 nitrogen and oxygen atoms in total. The van der Waals surface area contributed by atoms with Gasteiger partial charge in [-0.3, -0.25) is 9.59 Å². The lowest BCUT2D eigenvalue weighted by molar-refractivity contribution is -0.115. The number of carbonyl (C=O) groups excluding carboxylic acids is 2. The lowest BCUT2D eigenvalue weighted by Gasteiger charge is -2.14. The summed E-state index contributed by atoms with van der Waals surface area (Å²) in [6.45, 7) is 3.76. The van der Waals surface area contributed by atoms with Crippen molar-refractivity contribution in [2.24, 2.45) is 0 Å². The SMILES string of the molecule is CC(=O)c1ccc(NC(=O)CN[C@H](C)c2ccccc2)cc1. The first kappa shape index (κ1) is 15.9. The van der Waals surface area contributed by atoms with Crippen molar-refractivity contribution in [3.05, 3.63) is 65.7 Å². The number of benzene rings is 2. The average Bonchev–Trinajstić information content (AvgIpc) is 2.54. The van der Waals surface area contributed by atoms with E-state index in [-0.39, 0.29) is 24.3 Å². The van der Waals surface area contributed by atoms with Gasteiger partial charge in [0.1, 0.15) is 0 Å². The fourth-order valence-corrected chi connectivity index (χ4v) is 2.10. The van der Waals surface area contributed by atoms with E-state index < -0.39 is 0 Å². The monoisotopic (exact) mass is 296 g/mol. The summed E-state index contributed by atoms with van der Waals surface area (Å²) in [5.41, 5.74) is 2.46. The molecule has 0 spiro atoms. The van der Waals surface area contributed by atoms with Crippen molar-refractivity contribution in [2.75, 3.05) is 11.9 Å². The van der Waals surface area contributed by atoms with Crippen LogP contribution in [0.15, 0.2) is 54.6 Å². The summed E-state index contributed by atoms with van der Waals surface area (Å²) in [6, 6.07) is 16.9. The van der Waals surface area contributed by atoms with Gasteiger partial charge in [-0.15, -0.1) is 0 Å². The average molecular weight is 296 g/mol. The molecule has 0 saturated heterocycles. The number of hydrogen-bond donors (Lipinski definition) is 2. The summed E-state index contributed by atoms with van der Waals surface area (Å²) < 4.78 is 0. The van der Waals surface area contributed by atoms with Gasteiger partial charge in [-0.05, 0) is 43.7 Å². The Morgan fingerprint density at radius 2 is 1.64 bits per heavy atom. The summed E-state index contributed by atoms with van der Waals surface area (Å²) in [5.74, 6) is -0.102. The Bertz CT molecular complexity index is 636. The van der Waals surface area contributed by atoms with Crippen molar-refractivity contribution in [2.45, 2.75) is 19.9 Å². The maximum Gasteiger partial charge on any atom is 0.238 e. The lowest BCUT2D eigenvalue weighted by Crippen LogP contribution is -2.30. The first-order valence-electron chi connectivity index (χ1n) is 7.25. The van der Waals surface area contributed by atoms with Crippen LogP contribution in [0, 0.1) is 0 Å². The third kappa shape index (κ3) is 4.53. The molecule has 0 aliphatic rings. The number of carbonyl (C=O) groups is 2. The number of Topliss-reactive ketones (excluding diaryl/α,β-unsaturated/α-hetero) is 1. The fourth-order valence-electron chi connectivity index (χ4n) is 2.10. The molecule has 0 saturated carbocycles. The maximum atomic E-state index is 11.9. The van der Waals surface area contributed by atoms with Gasteiger partial charge in [-0.2, -0.15) is 0 Å². The number of anilines is 1. The highest BCUT2D eigenvalue weighted by molar-refractivity contribution is 5.96. The molecule has 2 aromatic rings. The van der Waals surface area contributed by atoms with Crippen LogP contribution in [-0.4, -0.2) is 18.2 Å². The summed E-state index contributed by atoms with van der Waals surface area (Å²) in [7, 11) is 0. The van der Waals surface area contributed by atoms with E-state index in [1.54, 1.807) is 24.3 Å². The fraction of sp³-hybridized carbons (Fsp3) is 0.222. The molecular formula is C18H20N2O2. The van der Waals surface area contributed by atoms with E-state index in [0.717, 1.165) is 5.56 Å². The first-order valence-corrected chi connectivity index (χ1v) is 7.25. The standard InChI is InChI=1S/C18H20N2O2/c1-13(15-6-4-3-5-7-15)19-12-18(22)20-17-10-8-16(9-11-17)14(2)21/h3-11,13,19H,12H2,1-2H3,(H,20,22)/t13-/m1/s1. The number of hydrogen-bond acceptors (Lipinski definition) is 3. The number of nitrogens with one attached hydrogen (secondary N) is 2. The Labute approximate surface area is 130 Å². The largest absolute Gasteiger partial charge is 0.325 e. The molecule has 4 heteroatoms. The van der Waals surface area contributed by atoms with Crippen LogP contribution < -0.4 is 10.6 Å². The van der Waals surface area contributed by atoms with Gasteiger partial charge in [0, 0.05) is 17.3 Å². The number of amides is 1. The van der Waals surface area contributed by atoms with Crippen molar-refractivity contribution < 1.29 is 9.59 Å². The highest BCUT2D eigenvalue weighted by Gasteiger charge is 2.08. The Kier molecular flexibility index (Phi) is 5.44. The zero-order valence-corrected chi connectivity index (χ0v) is 12.8. The quantitative estimate of drug-likeness (QED) is 0.805. The van der Waals surface area contributed by atoms with E-state index in [9.17, 15) is 9.59 Å². The van der Waals surface area contributed by atoms with Crippen LogP contribution in [0.3, 0.4) is 0 Å². The molecular weight excluding hydrogens is 276 g/mol. The second-order valence-corrected chi connectivity index (χ2v) is 5.19. The molecule has 0 fully saturated rings. The Morgan fingerprint density at radius 1 is 1.00 bits per heavy atom. The van der Waals surface area contributed by atoms with E-state index in [0.29, 0.717) is 11.3 Å². The minimum absolute atomic E-state index is 0.0104. The topological polar surface area (TPSA) is 58.2 Å².